The van der Waals surface area contributed by atoms with Gasteiger partial charge in [-0.05, 0) is 63.9 Å². The Bertz CT molecular complexity index is 1160. The molecule has 0 fully saturated rings. The largest absolute Gasteiger partial charge is 0.498 e. The first-order valence-corrected chi connectivity index (χ1v) is 26.6. The highest BCUT2D eigenvalue weighted by atomic mass is 31.2. The molecule has 0 aromatic rings. The number of likely N-dealkylation sites (N-methyl/N-ethyl adjacent to an activating group) is 1. The number of carbonyl (C=O) groups is 1. The van der Waals surface area contributed by atoms with Crippen LogP contribution in [0.4, 0.5) is 0 Å². The van der Waals surface area contributed by atoms with Crippen molar-refractivity contribution in [3.05, 3.63) is 60.9 Å². The summed E-state index contributed by atoms with van der Waals surface area (Å²) in [5.41, 5.74) is 0. The molecule has 8 nitrogen and oxygen atoms in total. The minimum absolute atomic E-state index is 0.0253. The van der Waals surface area contributed by atoms with E-state index in [1.165, 1.54) is 148 Å². The molecule has 0 bridgehead atoms. The van der Waals surface area contributed by atoms with Crippen LogP contribution in [0.1, 0.15) is 213 Å². The lowest BCUT2D eigenvalue weighted by Gasteiger charge is -2.24. The van der Waals surface area contributed by atoms with Crippen LogP contribution in [0.25, 0.3) is 0 Å². The number of nitrogens with zero attached hydrogens (tertiary/aromatic N) is 1. The monoisotopic (exact) mass is 879 g/mol. The second-order valence-corrected chi connectivity index (χ2v) is 19.4. The average molecular weight is 879 g/mol. The Morgan fingerprint density at radius 2 is 0.918 bits per heavy atom. The fourth-order valence-corrected chi connectivity index (χ4v) is 7.49. The molecule has 0 aliphatic rings. The third-order valence-electron chi connectivity index (χ3n) is 10.6. The molecule has 356 valence electrons. The van der Waals surface area contributed by atoms with E-state index in [0.29, 0.717) is 17.4 Å². The van der Waals surface area contributed by atoms with Crippen molar-refractivity contribution >= 4 is 13.8 Å². The Labute approximate surface area is 377 Å². The summed E-state index contributed by atoms with van der Waals surface area (Å²) >= 11 is 0. The van der Waals surface area contributed by atoms with E-state index in [-0.39, 0.29) is 32.2 Å². The van der Waals surface area contributed by atoms with Gasteiger partial charge in [-0.1, -0.05) is 197 Å². The Morgan fingerprint density at radius 3 is 1.36 bits per heavy atom. The Hall–Kier alpha value is -1.96. The van der Waals surface area contributed by atoms with E-state index in [1.54, 1.807) is 6.26 Å². The molecule has 0 saturated carbocycles. The zero-order valence-electron chi connectivity index (χ0n) is 40.4. The van der Waals surface area contributed by atoms with Gasteiger partial charge >= 0.3 is 13.8 Å². The van der Waals surface area contributed by atoms with Crippen molar-refractivity contribution in [2.24, 2.45) is 0 Å². The van der Waals surface area contributed by atoms with E-state index in [9.17, 15) is 14.3 Å². The highest BCUT2D eigenvalue weighted by Crippen LogP contribution is 2.43. The fraction of sp³-hybridized carbons (Fsp3) is 0.788. The maximum absolute atomic E-state index is 12.7. The lowest BCUT2D eigenvalue weighted by atomic mass is 10.0. The summed E-state index contributed by atoms with van der Waals surface area (Å²) in [7, 11) is 1.60. The molecule has 2 atom stereocenters. The van der Waals surface area contributed by atoms with Gasteiger partial charge in [0.05, 0.1) is 34.0 Å². The summed E-state index contributed by atoms with van der Waals surface area (Å²) in [6.45, 7) is 4.88. The van der Waals surface area contributed by atoms with Crippen LogP contribution >= 0.6 is 7.82 Å². The molecule has 1 N–H and O–H groups in total. The molecule has 0 saturated heterocycles. The summed E-state index contributed by atoms with van der Waals surface area (Å²) in [4.78, 5) is 22.9. The Balaban J connectivity index is 4.31. The van der Waals surface area contributed by atoms with Crippen LogP contribution in [0.15, 0.2) is 60.9 Å². The summed E-state index contributed by atoms with van der Waals surface area (Å²) < 4.78 is 34.8. The van der Waals surface area contributed by atoms with Gasteiger partial charge in [-0.3, -0.25) is 13.8 Å². The van der Waals surface area contributed by atoms with Gasteiger partial charge in [-0.15, -0.1) is 0 Å². The van der Waals surface area contributed by atoms with Crippen LogP contribution in [-0.4, -0.2) is 69.0 Å². The van der Waals surface area contributed by atoms with Crippen molar-refractivity contribution < 1.29 is 37.3 Å². The predicted octanol–water partition coefficient (Wildman–Crippen LogP) is 15.6. The first-order chi connectivity index (χ1) is 29.6. The molecule has 0 aromatic carbocycles. The summed E-state index contributed by atoms with van der Waals surface area (Å²) in [6, 6.07) is 0. The molecule has 0 rings (SSSR count). The first kappa shape index (κ1) is 59.0. The third-order valence-corrected chi connectivity index (χ3v) is 11.6. The molecule has 0 aromatic heterocycles. The number of phosphoric ester groups is 1. The van der Waals surface area contributed by atoms with Crippen LogP contribution in [0.2, 0.25) is 0 Å². The number of allylic oxidation sites excluding steroid dienone is 9. The summed E-state index contributed by atoms with van der Waals surface area (Å²) in [5.74, 6) is -0.388. The lowest BCUT2D eigenvalue weighted by molar-refractivity contribution is -0.870. The minimum atomic E-state index is -4.31. The standard InChI is InChI=1S/C52H96NO7P/c1-6-8-10-12-14-16-18-20-22-24-26-27-28-29-31-33-35-37-39-41-43-45-52(54)60-51(50-59-61(55,56)58-48-46-53(3,4)5)49-57-47-44-42-40-38-36-34-32-30-25-23-21-19-17-15-13-11-9-7-2/h22,24,27-28,31,33,37,39,44,47,51H,6-21,23,25-26,29-30,32,34-36,38,40-43,45-46,48-50H2,1-5H3/p+1/b24-22+,28-27+,33-31+,39-37+,47-44+/t51-/m1/s1. The highest BCUT2D eigenvalue weighted by molar-refractivity contribution is 7.47. The molecular formula is C52H97NO7P+. The van der Waals surface area contributed by atoms with Gasteiger partial charge in [0, 0.05) is 6.42 Å². The number of carbonyl (C=O) groups excluding carboxylic acids is 1. The number of ether oxygens (including phenoxy) is 2. The SMILES string of the molecule is CCCCCCCCC/C=C/C/C=C/C/C=C/C/C=C/CCCC(=O)O[C@H](CO/C=C/CCCCCCCCCCCCCCCCCC)COP(=O)(O)OCC[N+](C)(C)C. The van der Waals surface area contributed by atoms with Gasteiger partial charge in [-0.2, -0.15) is 0 Å². The molecule has 0 spiro atoms. The lowest BCUT2D eigenvalue weighted by Crippen LogP contribution is -2.37. The maximum Gasteiger partial charge on any atom is 0.472 e. The molecule has 1 unspecified atom stereocenters. The van der Waals surface area contributed by atoms with Gasteiger partial charge in [0.15, 0.2) is 6.10 Å². The van der Waals surface area contributed by atoms with Crippen molar-refractivity contribution in [1.82, 2.24) is 0 Å². The number of quaternary nitrogens is 1. The molecule has 0 aliphatic heterocycles. The fourth-order valence-electron chi connectivity index (χ4n) is 6.75. The van der Waals surface area contributed by atoms with Crippen LogP contribution in [0.5, 0.6) is 0 Å². The Kier molecular flexibility index (Phi) is 43.2. The van der Waals surface area contributed by atoms with E-state index in [4.69, 9.17) is 18.5 Å². The first-order valence-electron chi connectivity index (χ1n) is 25.1. The molecule has 61 heavy (non-hydrogen) atoms. The van der Waals surface area contributed by atoms with Crippen molar-refractivity contribution in [3.8, 4) is 0 Å². The highest BCUT2D eigenvalue weighted by Gasteiger charge is 2.26. The van der Waals surface area contributed by atoms with Crippen LogP contribution < -0.4 is 0 Å². The van der Waals surface area contributed by atoms with Crippen molar-refractivity contribution in [3.63, 3.8) is 0 Å². The van der Waals surface area contributed by atoms with Gasteiger partial charge in [0.1, 0.15) is 19.8 Å². The predicted molar refractivity (Wildman–Crippen MR) is 261 cm³/mol. The number of esters is 1. The number of hydrogen-bond donors (Lipinski definition) is 1. The second-order valence-electron chi connectivity index (χ2n) is 17.9. The third kappa shape index (κ3) is 48.9. The number of phosphoric acid groups is 1. The van der Waals surface area contributed by atoms with E-state index in [2.05, 4.69) is 62.5 Å². The number of rotatable bonds is 46. The summed E-state index contributed by atoms with van der Waals surface area (Å²) in [6.07, 6.45) is 58.0. The van der Waals surface area contributed by atoms with E-state index < -0.39 is 13.9 Å². The van der Waals surface area contributed by atoms with E-state index >= 15 is 0 Å². The smallest absolute Gasteiger partial charge is 0.472 e. The molecule has 0 radical (unpaired) electrons. The molecular weight excluding hydrogens is 782 g/mol. The van der Waals surface area contributed by atoms with Gasteiger partial charge in [0.2, 0.25) is 0 Å². The van der Waals surface area contributed by atoms with Crippen LogP contribution in [-0.2, 0) is 27.9 Å². The van der Waals surface area contributed by atoms with Crippen molar-refractivity contribution in [2.45, 2.75) is 219 Å². The maximum atomic E-state index is 12.7. The average Bonchev–Trinajstić information content (AvgIpc) is 3.22. The van der Waals surface area contributed by atoms with Crippen molar-refractivity contribution in [2.75, 3.05) is 47.5 Å². The van der Waals surface area contributed by atoms with Crippen LogP contribution in [0.3, 0.4) is 0 Å². The van der Waals surface area contributed by atoms with E-state index in [1.807, 2.05) is 27.2 Å². The topological polar surface area (TPSA) is 91.3 Å². The summed E-state index contributed by atoms with van der Waals surface area (Å²) in [5, 5.41) is 0. The van der Waals surface area contributed by atoms with Gasteiger partial charge in [-0.25, -0.2) is 4.57 Å². The number of unbranched alkanes of at least 4 members (excludes halogenated alkanes) is 24. The van der Waals surface area contributed by atoms with E-state index in [0.717, 1.165) is 38.5 Å². The molecule has 0 amide bonds. The van der Waals surface area contributed by atoms with Gasteiger partial charge in [0.25, 0.3) is 0 Å². The number of hydrogen-bond acceptors (Lipinski definition) is 6. The zero-order chi connectivity index (χ0) is 44.8. The Morgan fingerprint density at radius 1 is 0.525 bits per heavy atom. The van der Waals surface area contributed by atoms with Crippen molar-refractivity contribution in [1.29, 1.82) is 0 Å². The van der Waals surface area contributed by atoms with Crippen LogP contribution in [0, 0.1) is 0 Å². The second kappa shape index (κ2) is 44.6. The van der Waals surface area contributed by atoms with Gasteiger partial charge < -0.3 is 18.9 Å². The molecule has 9 heteroatoms. The molecule has 0 aliphatic carbocycles. The molecule has 0 heterocycles. The quantitative estimate of drug-likeness (QED) is 0.0163. The minimum Gasteiger partial charge on any atom is -0.498 e. The normalized spacial score (nSPS) is 14.1. The zero-order valence-corrected chi connectivity index (χ0v) is 41.3.